The number of aromatic nitrogens is 2. The second-order valence-electron chi connectivity index (χ2n) is 6.59. The Balaban J connectivity index is 0.00000225. The fourth-order valence-electron chi connectivity index (χ4n) is 3.30. The molecule has 7 heteroatoms. The van der Waals surface area contributed by atoms with E-state index in [0.29, 0.717) is 31.7 Å². The van der Waals surface area contributed by atoms with E-state index in [2.05, 4.69) is 21.4 Å². The largest absolute Gasteiger partial charge is 0.339 e. The zero-order valence-electron chi connectivity index (χ0n) is 14.9. The lowest BCUT2D eigenvalue weighted by atomic mass is 10.0. The van der Waals surface area contributed by atoms with E-state index in [1.165, 1.54) is 5.57 Å². The highest BCUT2D eigenvalue weighted by Gasteiger charge is 2.17. The number of amides is 2. The molecule has 27 heavy (non-hydrogen) atoms. The van der Waals surface area contributed by atoms with Crippen LogP contribution in [0.5, 0.6) is 0 Å². The summed E-state index contributed by atoms with van der Waals surface area (Å²) in [7, 11) is 0. The molecule has 0 aromatic carbocycles. The van der Waals surface area contributed by atoms with Gasteiger partial charge in [-0.05, 0) is 48.1 Å². The van der Waals surface area contributed by atoms with Crippen molar-refractivity contribution < 1.29 is 11.0 Å². The third-order valence-corrected chi connectivity index (χ3v) is 5.59. The Hall–Kier alpha value is -2.80. The Morgan fingerprint density at radius 3 is 3.04 bits per heavy atom. The molecule has 1 N–H and O–H groups in total. The Morgan fingerprint density at radius 1 is 1.26 bits per heavy atom. The van der Waals surface area contributed by atoms with E-state index in [0.717, 1.165) is 29.0 Å². The van der Waals surface area contributed by atoms with Crippen molar-refractivity contribution in [1.29, 1.82) is 0 Å². The molecule has 2 aromatic rings. The maximum atomic E-state index is 12.6. The topological polar surface area (TPSA) is 75.2 Å². The molecule has 0 spiro atoms. The van der Waals surface area contributed by atoms with Crippen molar-refractivity contribution in [3.63, 3.8) is 0 Å². The third kappa shape index (κ3) is 4.14. The van der Waals surface area contributed by atoms with Crippen LogP contribution in [0.1, 0.15) is 36.8 Å². The zero-order valence-corrected chi connectivity index (χ0v) is 15.7. The Kier molecular flexibility index (Phi) is 5.11. The average molecular weight is 382 g/mol. The normalized spacial score (nSPS) is 17.3. The highest BCUT2D eigenvalue weighted by Crippen LogP contribution is 2.24. The van der Waals surface area contributed by atoms with Crippen molar-refractivity contribution in [2.45, 2.75) is 25.7 Å². The number of hydrogen-bond donors (Lipinski definition) is 1. The fraction of sp³-hybridized carbons (Fsp3) is 0.300. The summed E-state index contributed by atoms with van der Waals surface area (Å²) in [6.45, 7) is 1.41. The first-order valence-corrected chi connectivity index (χ1v) is 9.92. The lowest BCUT2D eigenvalue weighted by Crippen LogP contribution is -2.30. The molecule has 140 valence electrons. The Morgan fingerprint density at radius 2 is 2.19 bits per heavy atom. The molecule has 0 radical (unpaired) electrons. The van der Waals surface area contributed by atoms with Gasteiger partial charge in [-0.1, -0.05) is 6.08 Å². The second-order valence-corrected chi connectivity index (χ2v) is 7.48. The molecule has 4 rings (SSSR count). The number of rotatable bonds is 3. The van der Waals surface area contributed by atoms with Crippen LogP contribution in [0.4, 0.5) is 5.82 Å². The van der Waals surface area contributed by atoms with Crippen molar-refractivity contribution in [3.8, 4) is 0 Å². The molecule has 0 saturated heterocycles. The van der Waals surface area contributed by atoms with Crippen molar-refractivity contribution in [2.75, 3.05) is 18.4 Å². The van der Waals surface area contributed by atoms with E-state index in [1.807, 2.05) is 22.5 Å². The molecule has 2 aromatic heterocycles. The number of anilines is 1. The first kappa shape index (κ1) is 17.6. The summed E-state index contributed by atoms with van der Waals surface area (Å²) in [4.78, 5) is 34.5. The van der Waals surface area contributed by atoms with E-state index in [1.54, 1.807) is 29.7 Å². The smallest absolute Gasteiger partial charge is 0.246 e. The van der Waals surface area contributed by atoms with Gasteiger partial charge < -0.3 is 10.2 Å². The maximum absolute atomic E-state index is 12.6. The molecule has 2 aliphatic heterocycles. The predicted octanol–water partition coefficient (Wildman–Crippen LogP) is 3.39. The van der Waals surface area contributed by atoms with Gasteiger partial charge in [0.1, 0.15) is 10.8 Å². The number of pyridine rings is 1. The number of thiazole rings is 1. The van der Waals surface area contributed by atoms with Gasteiger partial charge in [0, 0.05) is 44.8 Å². The van der Waals surface area contributed by atoms with Gasteiger partial charge in [0.2, 0.25) is 11.8 Å². The summed E-state index contributed by atoms with van der Waals surface area (Å²) in [5.74, 6) is 0.637. The summed E-state index contributed by atoms with van der Waals surface area (Å²) < 4.78 is 0. The number of nitrogens with zero attached hydrogens (tertiary/aromatic N) is 3. The summed E-state index contributed by atoms with van der Waals surface area (Å²) in [5.41, 5.74) is 3.11. The van der Waals surface area contributed by atoms with Gasteiger partial charge >= 0.3 is 0 Å². The number of carbonyl (C=O) groups excluding carboxylic acids is 2. The Bertz CT molecular complexity index is 924. The van der Waals surface area contributed by atoms with Gasteiger partial charge in [-0.2, -0.15) is 0 Å². The summed E-state index contributed by atoms with van der Waals surface area (Å²) in [6.07, 6.45) is 11.9. The monoisotopic (exact) mass is 382 g/mol. The van der Waals surface area contributed by atoms with Crippen molar-refractivity contribution >= 4 is 40.6 Å². The third-order valence-electron chi connectivity index (χ3n) is 4.74. The SMILES string of the molecule is O=C1CCc2cc(/C=C/C(=O)N3CCC=C(c4nccs4)CC3)cnc2N1.[HH]. The van der Waals surface area contributed by atoms with Crippen LogP contribution in [0, 0.1) is 0 Å². The van der Waals surface area contributed by atoms with Crippen LogP contribution in [-0.4, -0.2) is 39.8 Å². The maximum Gasteiger partial charge on any atom is 0.246 e. The average Bonchev–Trinajstić information content (AvgIpc) is 3.10. The fourth-order valence-corrected chi connectivity index (χ4v) is 4.01. The van der Waals surface area contributed by atoms with Crippen molar-refractivity contribution in [2.24, 2.45) is 0 Å². The second kappa shape index (κ2) is 7.84. The molecule has 0 atom stereocenters. The van der Waals surface area contributed by atoms with Crippen LogP contribution in [0.2, 0.25) is 0 Å². The summed E-state index contributed by atoms with van der Waals surface area (Å²) in [6, 6.07) is 1.98. The van der Waals surface area contributed by atoms with E-state index in [4.69, 9.17) is 0 Å². The van der Waals surface area contributed by atoms with Crippen LogP contribution < -0.4 is 5.32 Å². The molecule has 0 bridgehead atoms. The quantitative estimate of drug-likeness (QED) is 0.826. The van der Waals surface area contributed by atoms with Gasteiger partial charge in [0.25, 0.3) is 0 Å². The minimum absolute atomic E-state index is 0. The summed E-state index contributed by atoms with van der Waals surface area (Å²) >= 11 is 1.64. The number of aryl methyl sites for hydroxylation is 1. The molecule has 0 unspecified atom stereocenters. The van der Waals surface area contributed by atoms with Gasteiger partial charge in [-0.3, -0.25) is 9.59 Å². The van der Waals surface area contributed by atoms with Gasteiger partial charge in [0.05, 0.1) is 0 Å². The standard InChI is InChI=1S/C20H20N4O2S.H2/c25-17-5-4-16-12-14(13-22-19(16)23-17)3-6-18(26)24-9-1-2-15(7-10-24)20-21-8-11-27-20;/h2-3,6,8,11-13H,1,4-5,7,9-10H2,(H,22,23,25);1H/b6-3+;. The first-order chi connectivity index (χ1) is 13.2. The van der Waals surface area contributed by atoms with E-state index < -0.39 is 0 Å². The molecular weight excluding hydrogens is 360 g/mol. The molecular formula is C20H22N4O2S. The van der Waals surface area contributed by atoms with E-state index in [9.17, 15) is 9.59 Å². The van der Waals surface area contributed by atoms with Gasteiger partial charge in [0.15, 0.2) is 0 Å². The minimum Gasteiger partial charge on any atom is -0.339 e. The lowest BCUT2D eigenvalue weighted by Gasteiger charge is -2.18. The molecule has 2 amide bonds. The number of carbonyl (C=O) groups is 2. The van der Waals surface area contributed by atoms with Crippen LogP contribution in [-0.2, 0) is 16.0 Å². The summed E-state index contributed by atoms with van der Waals surface area (Å²) in [5, 5.41) is 5.79. The molecule has 0 fully saturated rings. The lowest BCUT2D eigenvalue weighted by molar-refractivity contribution is -0.125. The molecule has 6 nitrogen and oxygen atoms in total. The van der Waals surface area contributed by atoms with Crippen LogP contribution in [0.3, 0.4) is 0 Å². The zero-order chi connectivity index (χ0) is 18.6. The highest BCUT2D eigenvalue weighted by molar-refractivity contribution is 7.10. The predicted molar refractivity (Wildman–Crippen MR) is 108 cm³/mol. The first-order valence-electron chi connectivity index (χ1n) is 9.04. The molecule has 2 aliphatic rings. The van der Waals surface area contributed by atoms with Gasteiger partial charge in [-0.15, -0.1) is 11.3 Å². The molecule has 0 saturated carbocycles. The van der Waals surface area contributed by atoms with Crippen LogP contribution in [0.15, 0.2) is 36.0 Å². The molecule has 4 heterocycles. The van der Waals surface area contributed by atoms with E-state index >= 15 is 0 Å². The Labute approximate surface area is 163 Å². The van der Waals surface area contributed by atoms with E-state index in [-0.39, 0.29) is 13.2 Å². The van der Waals surface area contributed by atoms with Crippen molar-refractivity contribution in [3.05, 3.63) is 52.1 Å². The highest BCUT2D eigenvalue weighted by atomic mass is 32.1. The number of hydrogen-bond acceptors (Lipinski definition) is 5. The van der Waals surface area contributed by atoms with Crippen LogP contribution >= 0.6 is 11.3 Å². The van der Waals surface area contributed by atoms with Crippen molar-refractivity contribution in [1.82, 2.24) is 14.9 Å². The number of nitrogens with one attached hydrogen (secondary N) is 1. The number of fused-ring (bicyclic) bond motifs is 1. The minimum atomic E-state index is 0. The van der Waals surface area contributed by atoms with Gasteiger partial charge in [-0.25, -0.2) is 9.97 Å². The van der Waals surface area contributed by atoms with Crippen LogP contribution in [0.25, 0.3) is 11.6 Å². The molecule has 0 aliphatic carbocycles.